The van der Waals surface area contributed by atoms with Gasteiger partial charge in [0.25, 0.3) is 11.1 Å². The molecule has 1 fully saturated rings. The fraction of sp³-hybridized carbons (Fsp3) is 0.111. The average Bonchev–Trinajstić information content (AvgIpc) is 2.84. The highest BCUT2D eigenvalue weighted by molar-refractivity contribution is 8.18. The Labute approximate surface area is 149 Å². The molecule has 3 rings (SSSR count). The molecule has 0 radical (unpaired) electrons. The zero-order valence-electron chi connectivity index (χ0n) is 12.9. The average molecular weight is 360 g/mol. The highest BCUT2D eigenvalue weighted by atomic mass is 35.5. The van der Waals surface area contributed by atoms with Crippen molar-refractivity contribution >= 4 is 40.6 Å². The molecular weight excluding hydrogens is 346 g/mol. The minimum atomic E-state index is -0.312. The number of nitrogens with zero attached hydrogens (tertiary/aromatic N) is 1. The number of rotatable bonds is 4. The molecule has 24 heavy (non-hydrogen) atoms. The van der Waals surface area contributed by atoms with Crippen molar-refractivity contribution in [2.45, 2.75) is 6.54 Å². The number of thioether (sulfide) groups is 1. The number of carbonyl (C=O) groups is 2. The van der Waals surface area contributed by atoms with E-state index in [1.807, 2.05) is 36.4 Å². The summed E-state index contributed by atoms with van der Waals surface area (Å²) in [5.41, 5.74) is 1.54. The second-order valence-corrected chi connectivity index (χ2v) is 6.54. The minimum absolute atomic E-state index is 0.166. The van der Waals surface area contributed by atoms with E-state index < -0.39 is 0 Å². The quantitative estimate of drug-likeness (QED) is 0.749. The van der Waals surface area contributed by atoms with Crippen LogP contribution in [0.2, 0.25) is 5.02 Å². The summed E-state index contributed by atoms with van der Waals surface area (Å²) in [6.45, 7) is 0.166. The van der Waals surface area contributed by atoms with Crippen LogP contribution in [0.4, 0.5) is 4.79 Å². The molecule has 4 nitrogen and oxygen atoms in total. The zero-order chi connectivity index (χ0) is 17.1. The van der Waals surface area contributed by atoms with Gasteiger partial charge in [-0.2, -0.15) is 0 Å². The van der Waals surface area contributed by atoms with Crippen molar-refractivity contribution in [2.75, 3.05) is 7.11 Å². The maximum Gasteiger partial charge on any atom is 0.293 e. The Balaban J connectivity index is 1.83. The maximum absolute atomic E-state index is 12.5. The smallest absolute Gasteiger partial charge is 0.293 e. The molecule has 1 aliphatic heterocycles. The van der Waals surface area contributed by atoms with Crippen LogP contribution >= 0.6 is 23.4 Å². The third-order valence-electron chi connectivity index (χ3n) is 3.55. The maximum atomic E-state index is 12.5. The third-order valence-corrected chi connectivity index (χ3v) is 4.83. The van der Waals surface area contributed by atoms with E-state index in [1.54, 1.807) is 25.3 Å². The van der Waals surface area contributed by atoms with Gasteiger partial charge in [0.2, 0.25) is 0 Å². The van der Waals surface area contributed by atoms with E-state index in [0.29, 0.717) is 15.7 Å². The molecule has 0 N–H and O–H groups in total. The Morgan fingerprint density at radius 1 is 1.17 bits per heavy atom. The van der Waals surface area contributed by atoms with E-state index in [9.17, 15) is 9.59 Å². The molecule has 0 aromatic heterocycles. The summed E-state index contributed by atoms with van der Waals surface area (Å²) in [7, 11) is 1.58. The van der Waals surface area contributed by atoms with Crippen LogP contribution in [-0.4, -0.2) is 23.2 Å². The van der Waals surface area contributed by atoms with Gasteiger partial charge in [-0.3, -0.25) is 14.5 Å². The van der Waals surface area contributed by atoms with E-state index in [1.165, 1.54) is 4.90 Å². The van der Waals surface area contributed by atoms with Gasteiger partial charge in [-0.15, -0.1) is 0 Å². The third kappa shape index (κ3) is 3.47. The van der Waals surface area contributed by atoms with Crippen LogP contribution in [0, 0.1) is 0 Å². The van der Waals surface area contributed by atoms with Crippen molar-refractivity contribution in [1.29, 1.82) is 0 Å². The largest absolute Gasteiger partial charge is 0.497 e. The second-order valence-electron chi connectivity index (χ2n) is 5.14. The highest BCUT2D eigenvalue weighted by Gasteiger charge is 2.35. The van der Waals surface area contributed by atoms with Crippen LogP contribution in [0.3, 0.4) is 0 Å². The van der Waals surface area contributed by atoms with Crippen molar-refractivity contribution in [1.82, 2.24) is 4.90 Å². The number of imide groups is 1. The van der Waals surface area contributed by atoms with Crippen LogP contribution in [-0.2, 0) is 11.3 Å². The summed E-state index contributed by atoms with van der Waals surface area (Å²) in [6, 6.07) is 14.5. The summed E-state index contributed by atoms with van der Waals surface area (Å²) in [5, 5.41) is 0.238. The lowest BCUT2D eigenvalue weighted by Crippen LogP contribution is -2.27. The van der Waals surface area contributed by atoms with Crippen LogP contribution in [0.15, 0.2) is 53.4 Å². The first-order valence-electron chi connectivity index (χ1n) is 7.21. The summed E-state index contributed by atoms with van der Waals surface area (Å²) >= 11 is 7.04. The monoisotopic (exact) mass is 359 g/mol. The number of amides is 2. The van der Waals surface area contributed by atoms with Gasteiger partial charge in [-0.1, -0.05) is 41.9 Å². The molecule has 0 spiro atoms. The van der Waals surface area contributed by atoms with Gasteiger partial charge in [-0.25, -0.2) is 0 Å². The van der Waals surface area contributed by atoms with Crippen LogP contribution in [0.25, 0.3) is 6.08 Å². The molecule has 6 heteroatoms. The molecule has 2 aromatic rings. The standard InChI is InChI=1S/C18H14ClNO3S/c1-23-14-7-4-5-12(9-14)10-16-17(21)20(18(22)24-16)11-13-6-2-3-8-15(13)19/h2-10H,11H2,1H3/b16-10-. The fourth-order valence-electron chi connectivity index (χ4n) is 2.32. The molecule has 1 heterocycles. The lowest BCUT2D eigenvalue weighted by Gasteiger charge is -2.13. The molecule has 1 aliphatic rings. The number of halogens is 1. The van der Waals surface area contributed by atoms with Crippen molar-refractivity contribution in [3.8, 4) is 5.75 Å². The van der Waals surface area contributed by atoms with Crippen LogP contribution in [0.1, 0.15) is 11.1 Å². The first-order chi connectivity index (χ1) is 11.6. The number of carbonyl (C=O) groups excluding carboxylic acids is 2. The predicted molar refractivity (Wildman–Crippen MR) is 96.0 cm³/mol. The van der Waals surface area contributed by atoms with Gasteiger partial charge in [0, 0.05) is 5.02 Å². The van der Waals surface area contributed by atoms with Crippen LogP contribution < -0.4 is 4.74 Å². The Hall–Kier alpha value is -2.24. The van der Waals surface area contributed by atoms with E-state index >= 15 is 0 Å². The Morgan fingerprint density at radius 3 is 2.71 bits per heavy atom. The van der Waals surface area contributed by atoms with Gasteiger partial charge in [-0.05, 0) is 47.2 Å². The Morgan fingerprint density at radius 2 is 1.96 bits per heavy atom. The Kier molecular flexibility index (Phi) is 4.92. The van der Waals surface area contributed by atoms with Crippen LogP contribution in [0.5, 0.6) is 5.75 Å². The number of hydrogen-bond donors (Lipinski definition) is 0. The molecule has 1 saturated heterocycles. The SMILES string of the molecule is COc1cccc(/C=C2\SC(=O)N(Cc3ccccc3Cl)C2=O)c1. The summed E-state index contributed by atoms with van der Waals surface area (Å²) in [6.07, 6.45) is 1.69. The lowest BCUT2D eigenvalue weighted by molar-refractivity contribution is -0.123. The molecule has 0 saturated carbocycles. The molecule has 0 unspecified atom stereocenters. The summed E-state index contributed by atoms with van der Waals surface area (Å²) in [5.74, 6) is 0.381. The van der Waals surface area contributed by atoms with Gasteiger partial charge < -0.3 is 4.74 Å². The van der Waals surface area contributed by atoms with Crippen molar-refractivity contribution in [3.63, 3.8) is 0 Å². The molecule has 0 aliphatic carbocycles. The van der Waals surface area contributed by atoms with E-state index in [4.69, 9.17) is 16.3 Å². The number of methoxy groups -OCH3 is 1. The molecule has 122 valence electrons. The van der Waals surface area contributed by atoms with E-state index in [2.05, 4.69) is 0 Å². The van der Waals surface area contributed by atoms with E-state index in [0.717, 1.165) is 22.9 Å². The summed E-state index contributed by atoms with van der Waals surface area (Å²) in [4.78, 5) is 26.3. The van der Waals surface area contributed by atoms with Gasteiger partial charge in [0.05, 0.1) is 18.6 Å². The van der Waals surface area contributed by atoms with Gasteiger partial charge >= 0.3 is 0 Å². The summed E-state index contributed by atoms with van der Waals surface area (Å²) < 4.78 is 5.17. The van der Waals surface area contributed by atoms with Crippen molar-refractivity contribution in [3.05, 3.63) is 69.6 Å². The minimum Gasteiger partial charge on any atom is -0.497 e. The highest BCUT2D eigenvalue weighted by Crippen LogP contribution is 2.34. The molecule has 2 aromatic carbocycles. The zero-order valence-corrected chi connectivity index (χ0v) is 14.4. The van der Waals surface area contributed by atoms with Gasteiger partial charge in [0.1, 0.15) is 5.75 Å². The normalized spacial score (nSPS) is 16.1. The molecule has 0 bridgehead atoms. The Bertz CT molecular complexity index is 835. The fourth-order valence-corrected chi connectivity index (χ4v) is 3.35. The lowest BCUT2D eigenvalue weighted by atomic mass is 10.2. The topological polar surface area (TPSA) is 46.6 Å². The van der Waals surface area contributed by atoms with E-state index in [-0.39, 0.29) is 17.7 Å². The first-order valence-corrected chi connectivity index (χ1v) is 8.41. The number of ether oxygens (including phenoxy) is 1. The second kappa shape index (κ2) is 7.11. The number of benzene rings is 2. The van der Waals surface area contributed by atoms with Gasteiger partial charge in [0.15, 0.2) is 0 Å². The molecule has 2 amide bonds. The predicted octanol–water partition coefficient (Wildman–Crippen LogP) is 4.59. The molecule has 0 atom stereocenters. The van der Waals surface area contributed by atoms with Crippen molar-refractivity contribution in [2.24, 2.45) is 0 Å². The number of hydrogen-bond acceptors (Lipinski definition) is 4. The first kappa shape index (κ1) is 16.6. The van der Waals surface area contributed by atoms with Crippen molar-refractivity contribution < 1.29 is 14.3 Å². The molecular formula is C18H14ClNO3S.